The summed E-state index contributed by atoms with van der Waals surface area (Å²) in [6.45, 7) is 3.89. The molecule has 0 aliphatic heterocycles. The molecule has 2 heterocycles. The molecule has 3 aromatic rings. The molecule has 0 radical (unpaired) electrons. The Morgan fingerprint density at radius 3 is 2.87 bits per heavy atom. The van der Waals surface area contributed by atoms with E-state index in [2.05, 4.69) is 17.2 Å². The summed E-state index contributed by atoms with van der Waals surface area (Å²) >= 11 is 1.62. The van der Waals surface area contributed by atoms with E-state index in [1.165, 1.54) is 16.6 Å². The second-order valence-corrected chi connectivity index (χ2v) is 8.78. The van der Waals surface area contributed by atoms with Crippen molar-refractivity contribution in [1.82, 2.24) is 9.55 Å². The first-order valence-electron chi connectivity index (χ1n) is 9.94. The summed E-state index contributed by atoms with van der Waals surface area (Å²) in [5.41, 5.74) is 1.47. The monoisotopic (exact) mass is 427 g/mol. The van der Waals surface area contributed by atoms with Crippen LogP contribution < -0.4 is 20.3 Å². The fourth-order valence-corrected chi connectivity index (χ4v) is 5.38. The summed E-state index contributed by atoms with van der Waals surface area (Å²) in [6, 6.07) is 5.16. The number of ether oxygens (including phenoxy) is 2. The summed E-state index contributed by atoms with van der Waals surface area (Å²) < 4.78 is 12.0. The minimum absolute atomic E-state index is 0.116. The lowest BCUT2D eigenvalue weighted by Gasteiger charge is -2.17. The summed E-state index contributed by atoms with van der Waals surface area (Å²) in [5.74, 6) is 1.94. The lowest BCUT2D eigenvalue weighted by atomic mass is 9.89. The van der Waals surface area contributed by atoms with Gasteiger partial charge in [0.2, 0.25) is 5.91 Å². The van der Waals surface area contributed by atoms with Crippen LogP contribution in [0.15, 0.2) is 23.0 Å². The van der Waals surface area contributed by atoms with Gasteiger partial charge in [-0.05, 0) is 49.8 Å². The summed E-state index contributed by atoms with van der Waals surface area (Å²) in [4.78, 5) is 32.7. The number of nitrogens with zero attached hydrogens (tertiary/aromatic N) is 2. The minimum Gasteiger partial charge on any atom is -0.497 e. The van der Waals surface area contributed by atoms with Crippen LogP contribution in [0, 0.1) is 12.8 Å². The molecule has 7 nitrogen and oxygen atoms in total. The van der Waals surface area contributed by atoms with Crippen molar-refractivity contribution in [3.05, 3.63) is 44.8 Å². The van der Waals surface area contributed by atoms with Crippen molar-refractivity contribution in [2.75, 3.05) is 19.5 Å². The SMILES string of the molecule is COc1ccc(OC)c(NC(=O)Cn2c(C)nc3sc4c(c3c2=O)CCC(C)C4)c1. The molecule has 1 amide bonds. The van der Waals surface area contributed by atoms with Crippen molar-refractivity contribution < 1.29 is 14.3 Å². The topological polar surface area (TPSA) is 82.4 Å². The lowest BCUT2D eigenvalue weighted by Crippen LogP contribution is -2.30. The number of aryl methyl sites for hydroxylation is 2. The van der Waals surface area contributed by atoms with Crippen LogP contribution in [0.5, 0.6) is 11.5 Å². The Morgan fingerprint density at radius 1 is 1.33 bits per heavy atom. The maximum absolute atomic E-state index is 13.3. The molecule has 30 heavy (non-hydrogen) atoms. The number of fused-ring (bicyclic) bond motifs is 3. The lowest BCUT2D eigenvalue weighted by molar-refractivity contribution is -0.116. The molecule has 158 valence electrons. The van der Waals surface area contributed by atoms with Crippen LogP contribution >= 0.6 is 11.3 Å². The molecular weight excluding hydrogens is 402 g/mol. The Balaban J connectivity index is 1.66. The number of thiophene rings is 1. The number of carbonyl (C=O) groups is 1. The van der Waals surface area contributed by atoms with Gasteiger partial charge in [-0.15, -0.1) is 11.3 Å². The Labute approximate surface area is 178 Å². The van der Waals surface area contributed by atoms with Gasteiger partial charge in [-0.25, -0.2) is 4.98 Å². The van der Waals surface area contributed by atoms with Gasteiger partial charge in [-0.1, -0.05) is 6.92 Å². The molecule has 0 saturated heterocycles. The van der Waals surface area contributed by atoms with Crippen LogP contribution in [-0.4, -0.2) is 29.7 Å². The maximum atomic E-state index is 13.3. The molecule has 0 saturated carbocycles. The van der Waals surface area contributed by atoms with Crippen LogP contribution in [0.1, 0.15) is 29.6 Å². The number of carbonyl (C=O) groups excluding carboxylic acids is 1. The number of benzene rings is 1. The Kier molecular flexibility index (Phi) is 5.51. The Morgan fingerprint density at radius 2 is 2.13 bits per heavy atom. The highest BCUT2D eigenvalue weighted by molar-refractivity contribution is 7.18. The number of methoxy groups -OCH3 is 2. The van der Waals surface area contributed by atoms with E-state index in [9.17, 15) is 9.59 Å². The zero-order valence-corrected chi connectivity index (χ0v) is 18.4. The predicted molar refractivity (Wildman–Crippen MR) is 118 cm³/mol. The van der Waals surface area contributed by atoms with E-state index in [-0.39, 0.29) is 18.0 Å². The van der Waals surface area contributed by atoms with E-state index < -0.39 is 0 Å². The Bertz CT molecular complexity index is 1180. The number of rotatable bonds is 5. The van der Waals surface area contributed by atoms with Crippen molar-refractivity contribution in [3.8, 4) is 11.5 Å². The van der Waals surface area contributed by atoms with Crippen LogP contribution in [-0.2, 0) is 24.2 Å². The fourth-order valence-electron chi connectivity index (χ4n) is 3.96. The quantitative estimate of drug-likeness (QED) is 0.673. The van der Waals surface area contributed by atoms with Crippen molar-refractivity contribution >= 4 is 33.1 Å². The third-order valence-electron chi connectivity index (χ3n) is 5.59. The van der Waals surface area contributed by atoms with E-state index in [0.29, 0.717) is 34.3 Å². The van der Waals surface area contributed by atoms with Gasteiger partial charge in [0.25, 0.3) is 5.56 Å². The zero-order chi connectivity index (χ0) is 21.4. The van der Waals surface area contributed by atoms with Crippen LogP contribution in [0.25, 0.3) is 10.2 Å². The van der Waals surface area contributed by atoms with Gasteiger partial charge in [0.1, 0.15) is 28.7 Å². The van der Waals surface area contributed by atoms with Gasteiger partial charge in [0.15, 0.2) is 0 Å². The number of anilines is 1. The van der Waals surface area contributed by atoms with Crippen molar-refractivity contribution in [2.45, 2.75) is 39.7 Å². The molecule has 1 unspecified atom stereocenters. The maximum Gasteiger partial charge on any atom is 0.263 e. The number of amides is 1. The third-order valence-corrected chi connectivity index (χ3v) is 6.74. The third kappa shape index (κ3) is 3.67. The fraction of sp³-hybridized carbons (Fsp3) is 0.409. The van der Waals surface area contributed by atoms with Gasteiger partial charge in [-0.2, -0.15) is 0 Å². The van der Waals surface area contributed by atoms with E-state index in [0.717, 1.165) is 29.7 Å². The summed E-state index contributed by atoms with van der Waals surface area (Å²) in [7, 11) is 3.09. The van der Waals surface area contributed by atoms with Gasteiger partial charge >= 0.3 is 0 Å². The second-order valence-electron chi connectivity index (χ2n) is 7.70. The van der Waals surface area contributed by atoms with Gasteiger partial charge < -0.3 is 14.8 Å². The molecule has 0 fully saturated rings. The van der Waals surface area contributed by atoms with Gasteiger partial charge in [0, 0.05) is 10.9 Å². The molecule has 4 rings (SSSR count). The molecular formula is C22H25N3O4S. The van der Waals surface area contributed by atoms with Gasteiger partial charge in [0.05, 0.1) is 25.3 Å². The van der Waals surface area contributed by atoms with Crippen LogP contribution in [0.2, 0.25) is 0 Å². The predicted octanol–water partition coefficient (Wildman–Crippen LogP) is 3.55. The normalized spacial score (nSPS) is 15.7. The van der Waals surface area contributed by atoms with Crippen LogP contribution in [0.4, 0.5) is 5.69 Å². The van der Waals surface area contributed by atoms with Crippen LogP contribution in [0.3, 0.4) is 0 Å². The highest BCUT2D eigenvalue weighted by atomic mass is 32.1. The highest BCUT2D eigenvalue weighted by Gasteiger charge is 2.24. The smallest absolute Gasteiger partial charge is 0.263 e. The van der Waals surface area contributed by atoms with Crippen molar-refractivity contribution in [3.63, 3.8) is 0 Å². The molecule has 1 aliphatic carbocycles. The number of hydrogen-bond donors (Lipinski definition) is 1. The second kappa shape index (κ2) is 8.10. The number of nitrogens with one attached hydrogen (secondary N) is 1. The van der Waals surface area contributed by atoms with E-state index in [1.54, 1.807) is 43.6 Å². The Hall–Kier alpha value is -2.87. The molecule has 0 spiro atoms. The number of hydrogen-bond acceptors (Lipinski definition) is 6. The van der Waals surface area contributed by atoms with E-state index in [1.807, 2.05) is 0 Å². The molecule has 1 aromatic carbocycles. The summed E-state index contributed by atoms with van der Waals surface area (Å²) in [6.07, 6.45) is 2.96. The van der Waals surface area contributed by atoms with E-state index in [4.69, 9.17) is 9.47 Å². The molecule has 1 N–H and O–H groups in total. The zero-order valence-electron chi connectivity index (χ0n) is 17.6. The standard InChI is InChI=1S/C22H25N3O4S/c1-12-5-7-15-18(9-12)30-21-20(15)22(27)25(13(2)23-21)11-19(26)24-16-10-14(28-3)6-8-17(16)29-4/h6,8,10,12H,5,7,9,11H2,1-4H3,(H,24,26). The summed E-state index contributed by atoms with van der Waals surface area (Å²) in [5, 5.41) is 3.50. The molecule has 2 aromatic heterocycles. The molecule has 8 heteroatoms. The molecule has 1 atom stereocenters. The van der Waals surface area contributed by atoms with Gasteiger partial charge in [-0.3, -0.25) is 14.2 Å². The molecule has 1 aliphatic rings. The minimum atomic E-state index is -0.328. The number of aromatic nitrogens is 2. The average molecular weight is 428 g/mol. The first kappa shape index (κ1) is 20.4. The molecule has 0 bridgehead atoms. The van der Waals surface area contributed by atoms with E-state index >= 15 is 0 Å². The average Bonchev–Trinajstić information content (AvgIpc) is 3.08. The van der Waals surface area contributed by atoms with Crippen molar-refractivity contribution in [2.24, 2.45) is 5.92 Å². The van der Waals surface area contributed by atoms with Crippen molar-refractivity contribution in [1.29, 1.82) is 0 Å². The largest absolute Gasteiger partial charge is 0.497 e. The highest BCUT2D eigenvalue weighted by Crippen LogP contribution is 2.36. The first-order valence-corrected chi connectivity index (χ1v) is 10.8. The first-order chi connectivity index (χ1) is 14.4.